The Labute approximate surface area is 148 Å². The SMILES string of the molecule is CC(=O)c1cnc(N(C(=O)OC(C)(C)C)C(=O)OC(C)(C)C)c(C)c1. The van der Waals surface area contributed by atoms with Gasteiger partial charge in [0.05, 0.1) is 0 Å². The number of carbonyl (C=O) groups is 3. The zero-order chi connectivity index (χ0) is 19.6. The number of hydrogen-bond acceptors (Lipinski definition) is 6. The Morgan fingerprint density at radius 3 is 1.72 bits per heavy atom. The average Bonchev–Trinajstić information content (AvgIpc) is 2.36. The largest absolute Gasteiger partial charge is 0.443 e. The summed E-state index contributed by atoms with van der Waals surface area (Å²) in [6.45, 7) is 13.2. The highest BCUT2D eigenvalue weighted by Crippen LogP contribution is 2.23. The fourth-order valence-electron chi connectivity index (χ4n) is 1.86. The molecule has 0 radical (unpaired) electrons. The lowest BCUT2D eigenvalue weighted by Crippen LogP contribution is -2.44. The van der Waals surface area contributed by atoms with E-state index in [0.717, 1.165) is 4.90 Å². The fourth-order valence-corrected chi connectivity index (χ4v) is 1.86. The first-order valence-corrected chi connectivity index (χ1v) is 7.95. The van der Waals surface area contributed by atoms with Gasteiger partial charge in [-0.1, -0.05) is 0 Å². The zero-order valence-electron chi connectivity index (χ0n) is 16.1. The molecule has 7 nitrogen and oxygen atoms in total. The topological polar surface area (TPSA) is 85.8 Å². The Kier molecular flexibility index (Phi) is 5.94. The van der Waals surface area contributed by atoms with Crippen molar-refractivity contribution in [3.63, 3.8) is 0 Å². The number of carbonyl (C=O) groups excluding carboxylic acids is 3. The smallest absolute Gasteiger partial charge is 0.425 e. The van der Waals surface area contributed by atoms with E-state index in [2.05, 4.69) is 4.98 Å². The second-order valence-electron chi connectivity index (χ2n) is 7.72. The van der Waals surface area contributed by atoms with Crippen LogP contribution in [0.5, 0.6) is 0 Å². The number of hydrogen-bond donors (Lipinski definition) is 0. The second kappa shape index (κ2) is 7.21. The van der Waals surface area contributed by atoms with E-state index >= 15 is 0 Å². The highest BCUT2D eigenvalue weighted by atomic mass is 16.6. The third-order valence-corrected chi connectivity index (χ3v) is 2.82. The average molecular weight is 350 g/mol. The molecule has 1 aromatic heterocycles. The van der Waals surface area contributed by atoms with E-state index in [4.69, 9.17) is 9.47 Å². The number of anilines is 1. The summed E-state index contributed by atoms with van der Waals surface area (Å²) in [5, 5.41) is 0. The minimum Gasteiger partial charge on any atom is -0.443 e. The van der Waals surface area contributed by atoms with Crippen molar-refractivity contribution in [3.8, 4) is 0 Å². The van der Waals surface area contributed by atoms with Crippen LogP contribution in [-0.2, 0) is 9.47 Å². The summed E-state index contributed by atoms with van der Waals surface area (Å²) in [4.78, 5) is 41.4. The van der Waals surface area contributed by atoms with Gasteiger partial charge in [0.1, 0.15) is 11.2 Å². The first-order chi connectivity index (χ1) is 11.2. The van der Waals surface area contributed by atoms with Crippen LogP contribution in [0.1, 0.15) is 64.4 Å². The summed E-state index contributed by atoms with van der Waals surface area (Å²) in [5.74, 6) is -0.100. The van der Waals surface area contributed by atoms with Crippen LogP contribution in [-0.4, -0.2) is 34.2 Å². The molecular weight excluding hydrogens is 324 g/mol. The Bertz CT molecular complexity index is 656. The van der Waals surface area contributed by atoms with Crippen LogP contribution in [0.4, 0.5) is 15.4 Å². The number of pyridine rings is 1. The number of aryl methyl sites for hydroxylation is 1. The quantitative estimate of drug-likeness (QED) is 0.740. The van der Waals surface area contributed by atoms with Gasteiger partial charge in [0.2, 0.25) is 0 Å². The van der Waals surface area contributed by atoms with Crippen molar-refractivity contribution >= 4 is 23.8 Å². The minimum atomic E-state index is -0.895. The number of ether oxygens (including phenoxy) is 2. The van der Waals surface area contributed by atoms with E-state index in [0.29, 0.717) is 11.1 Å². The van der Waals surface area contributed by atoms with Gasteiger partial charge >= 0.3 is 12.2 Å². The van der Waals surface area contributed by atoms with Crippen LogP contribution >= 0.6 is 0 Å². The number of rotatable bonds is 2. The van der Waals surface area contributed by atoms with Crippen LogP contribution in [0, 0.1) is 6.92 Å². The molecule has 0 aliphatic heterocycles. The molecule has 25 heavy (non-hydrogen) atoms. The molecule has 0 atom stereocenters. The molecule has 0 aliphatic carbocycles. The Morgan fingerprint density at radius 2 is 1.40 bits per heavy atom. The predicted molar refractivity (Wildman–Crippen MR) is 93.9 cm³/mol. The minimum absolute atomic E-state index is 0.0634. The van der Waals surface area contributed by atoms with Gasteiger partial charge in [-0.2, -0.15) is 4.90 Å². The fraction of sp³-hybridized carbons (Fsp3) is 0.556. The van der Waals surface area contributed by atoms with Crippen molar-refractivity contribution in [2.75, 3.05) is 4.90 Å². The van der Waals surface area contributed by atoms with Gasteiger partial charge in [0, 0.05) is 11.8 Å². The number of ketones is 1. The molecule has 0 fully saturated rings. The molecule has 0 spiro atoms. The Hall–Kier alpha value is -2.44. The molecule has 1 heterocycles. The van der Waals surface area contributed by atoms with Crippen molar-refractivity contribution in [2.24, 2.45) is 0 Å². The standard InChI is InChI=1S/C18H26N2O5/c1-11-9-13(12(2)21)10-19-14(11)20(15(22)24-17(3,4)5)16(23)25-18(6,7)8/h9-10H,1-8H3. The molecule has 0 aliphatic rings. The predicted octanol–water partition coefficient (Wildman–Crippen LogP) is 4.27. The molecule has 0 aromatic carbocycles. The maximum atomic E-state index is 12.6. The Morgan fingerprint density at radius 1 is 0.960 bits per heavy atom. The number of Topliss-reactive ketones (excluding diaryl/α,β-unsaturated/α-hetero) is 1. The van der Waals surface area contributed by atoms with Crippen LogP contribution in [0.2, 0.25) is 0 Å². The monoisotopic (exact) mass is 350 g/mol. The van der Waals surface area contributed by atoms with Gasteiger partial charge in [-0.05, 0) is 67.0 Å². The molecule has 2 amide bonds. The molecule has 138 valence electrons. The van der Waals surface area contributed by atoms with Crippen molar-refractivity contribution < 1.29 is 23.9 Å². The van der Waals surface area contributed by atoms with Gasteiger partial charge in [-0.25, -0.2) is 14.6 Å². The van der Waals surface area contributed by atoms with E-state index in [-0.39, 0.29) is 11.6 Å². The van der Waals surface area contributed by atoms with Crippen LogP contribution in [0.25, 0.3) is 0 Å². The first-order valence-electron chi connectivity index (χ1n) is 7.95. The molecule has 7 heteroatoms. The number of nitrogens with zero attached hydrogens (tertiary/aromatic N) is 2. The molecule has 0 unspecified atom stereocenters. The summed E-state index contributed by atoms with van der Waals surface area (Å²) < 4.78 is 10.6. The van der Waals surface area contributed by atoms with Crippen LogP contribution in [0.3, 0.4) is 0 Å². The molecule has 1 rings (SSSR count). The summed E-state index contributed by atoms with van der Waals surface area (Å²) in [6, 6.07) is 1.56. The van der Waals surface area contributed by atoms with Crippen molar-refractivity contribution in [1.82, 2.24) is 4.98 Å². The highest BCUT2D eigenvalue weighted by molar-refractivity contribution is 6.09. The zero-order valence-corrected chi connectivity index (χ0v) is 16.1. The van der Waals surface area contributed by atoms with Gasteiger partial charge < -0.3 is 9.47 Å². The third-order valence-electron chi connectivity index (χ3n) is 2.82. The lowest BCUT2D eigenvalue weighted by atomic mass is 10.1. The van der Waals surface area contributed by atoms with E-state index in [1.807, 2.05) is 0 Å². The van der Waals surface area contributed by atoms with Crippen LogP contribution in [0.15, 0.2) is 12.3 Å². The highest BCUT2D eigenvalue weighted by Gasteiger charge is 2.34. The van der Waals surface area contributed by atoms with E-state index in [1.165, 1.54) is 13.1 Å². The van der Waals surface area contributed by atoms with Crippen LogP contribution < -0.4 is 4.90 Å². The maximum Gasteiger partial charge on any atom is 0.425 e. The summed E-state index contributed by atoms with van der Waals surface area (Å²) in [6.07, 6.45) is -0.479. The molecule has 0 saturated heterocycles. The number of aromatic nitrogens is 1. The summed E-state index contributed by atoms with van der Waals surface area (Å²) in [7, 11) is 0. The molecule has 0 saturated carbocycles. The summed E-state index contributed by atoms with van der Waals surface area (Å²) in [5.41, 5.74) is -0.742. The van der Waals surface area contributed by atoms with E-state index in [9.17, 15) is 14.4 Å². The first kappa shape index (κ1) is 20.6. The summed E-state index contributed by atoms with van der Waals surface area (Å²) >= 11 is 0. The van der Waals surface area contributed by atoms with Crippen molar-refractivity contribution in [2.45, 2.75) is 66.6 Å². The second-order valence-corrected chi connectivity index (χ2v) is 7.72. The maximum absolute atomic E-state index is 12.6. The van der Waals surface area contributed by atoms with E-state index < -0.39 is 23.4 Å². The molecular formula is C18H26N2O5. The number of imide groups is 1. The van der Waals surface area contributed by atoms with Gasteiger partial charge in [-0.3, -0.25) is 4.79 Å². The Balaban J connectivity index is 3.33. The normalized spacial score (nSPS) is 11.7. The van der Waals surface area contributed by atoms with Crippen molar-refractivity contribution in [1.29, 1.82) is 0 Å². The molecule has 1 aromatic rings. The third kappa shape index (κ3) is 6.17. The lowest BCUT2D eigenvalue weighted by molar-refractivity contribution is 0.0428. The van der Waals surface area contributed by atoms with Gasteiger partial charge in [-0.15, -0.1) is 0 Å². The molecule has 0 bridgehead atoms. The lowest BCUT2D eigenvalue weighted by Gasteiger charge is -2.28. The van der Waals surface area contributed by atoms with E-state index in [1.54, 1.807) is 54.5 Å². The number of amides is 2. The molecule has 0 N–H and O–H groups in total. The van der Waals surface area contributed by atoms with Crippen molar-refractivity contribution in [3.05, 3.63) is 23.4 Å². The van der Waals surface area contributed by atoms with Gasteiger partial charge in [0.25, 0.3) is 0 Å². The van der Waals surface area contributed by atoms with Gasteiger partial charge in [0.15, 0.2) is 11.6 Å².